The number of aryl methyl sites for hydroxylation is 1. The van der Waals surface area contributed by atoms with E-state index in [1.165, 1.54) is 0 Å². The van der Waals surface area contributed by atoms with Crippen LogP contribution in [0.3, 0.4) is 0 Å². The highest BCUT2D eigenvalue weighted by molar-refractivity contribution is 7.80. The molecule has 3 aromatic carbocycles. The molecular formula is C26H30N2O4S. The lowest BCUT2D eigenvalue weighted by Gasteiger charge is -2.27. The first-order valence-electron chi connectivity index (χ1n) is 10.5. The van der Waals surface area contributed by atoms with E-state index in [0.717, 1.165) is 45.4 Å². The smallest absolute Gasteiger partial charge is 0.174 e. The Morgan fingerprint density at radius 1 is 0.758 bits per heavy atom. The summed E-state index contributed by atoms with van der Waals surface area (Å²) >= 11 is 5.86. The van der Waals surface area contributed by atoms with Crippen LogP contribution < -0.4 is 24.3 Å². The molecular weight excluding hydrogens is 436 g/mol. The van der Waals surface area contributed by atoms with Gasteiger partial charge in [0.15, 0.2) is 5.11 Å². The number of thiocarbonyl (C=S) groups is 1. The molecule has 3 rings (SSSR count). The fourth-order valence-corrected chi connectivity index (χ4v) is 3.71. The molecule has 3 aromatic rings. The van der Waals surface area contributed by atoms with Gasteiger partial charge in [0.2, 0.25) is 0 Å². The fraction of sp³-hybridized carbons (Fsp3) is 0.269. The van der Waals surface area contributed by atoms with Crippen molar-refractivity contribution in [3.63, 3.8) is 0 Å². The highest BCUT2D eigenvalue weighted by Gasteiger charge is 2.17. The van der Waals surface area contributed by atoms with Crippen LogP contribution in [0.2, 0.25) is 0 Å². The molecule has 0 unspecified atom stereocenters. The van der Waals surface area contributed by atoms with Gasteiger partial charge in [-0.15, -0.1) is 0 Å². The zero-order valence-corrected chi connectivity index (χ0v) is 20.5. The van der Waals surface area contributed by atoms with E-state index in [1.54, 1.807) is 28.4 Å². The summed E-state index contributed by atoms with van der Waals surface area (Å²) in [6, 6.07) is 19.7. The molecule has 7 heteroatoms. The van der Waals surface area contributed by atoms with Gasteiger partial charge in [0.05, 0.1) is 34.1 Å². The van der Waals surface area contributed by atoms with Crippen LogP contribution in [0.1, 0.15) is 16.7 Å². The minimum Gasteiger partial charge on any atom is -0.497 e. The number of methoxy groups -OCH3 is 4. The average molecular weight is 467 g/mol. The number of nitrogens with zero attached hydrogens (tertiary/aromatic N) is 1. The zero-order valence-electron chi connectivity index (χ0n) is 19.7. The van der Waals surface area contributed by atoms with Crippen molar-refractivity contribution in [3.8, 4) is 23.0 Å². The number of rotatable bonds is 9. The van der Waals surface area contributed by atoms with Crippen LogP contribution in [0, 0.1) is 6.92 Å². The van der Waals surface area contributed by atoms with E-state index in [1.807, 2.05) is 67.6 Å². The molecule has 0 atom stereocenters. The second-order valence-corrected chi connectivity index (χ2v) is 7.90. The minimum absolute atomic E-state index is 0.520. The summed E-state index contributed by atoms with van der Waals surface area (Å²) in [4.78, 5) is 2.08. The molecule has 0 spiro atoms. The molecule has 6 nitrogen and oxygen atoms in total. The number of nitrogens with one attached hydrogen (secondary N) is 1. The van der Waals surface area contributed by atoms with Gasteiger partial charge in [-0.25, -0.2) is 0 Å². The van der Waals surface area contributed by atoms with E-state index < -0.39 is 0 Å². The Hall–Kier alpha value is -3.45. The van der Waals surface area contributed by atoms with Gasteiger partial charge in [-0.3, -0.25) is 0 Å². The quantitative estimate of drug-likeness (QED) is 0.422. The monoisotopic (exact) mass is 466 g/mol. The van der Waals surface area contributed by atoms with E-state index in [0.29, 0.717) is 18.2 Å². The van der Waals surface area contributed by atoms with Crippen LogP contribution >= 0.6 is 12.2 Å². The van der Waals surface area contributed by atoms with Gasteiger partial charge < -0.3 is 29.2 Å². The summed E-state index contributed by atoms with van der Waals surface area (Å²) < 4.78 is 21.8. The normalized spacial score (nSPS) is 10.3. The lowest BCUT2D eigenvalue weighted by Crippen LogP contribution is -2.34. The average Bonchev–Trinajstić information content (AvgIpc) is 2.84. The number of hydrogen-bond donors (Lipinski definition) is 1. The van der Waals surface area contributed by atoms with Gasteiger partial charge in [0.1, 0.15) is 23.0 Å². The summed E-state index contributed by atoms with van der Waals surface area (Å²) in [6.45, 7) is 3.14. The van der Waals surface area contributed by atoms with E-state index in [4.69, 9.17) is 31.2 Å². The first-order chi connectivity index (χ1) is 16.0. The van der Waals surface area contributed by atoms with E-state index in [9.17, 15) is 0 Å². The van der Waals surface area contributed by atoms with Crippen molar-refractivity contribution in [1.29, 1.82) is 0 Å². The Bertz CT molecular complexity index is 1090. The van der Waals surface area contributed by atoms with Gasteiger partial charge >= 0.3 is 0 Å². The Morgan fingerprint density at radius 3 is 2.03 bits per heavy atom. The number of anilines is 1. The Kier molecular flexibility index (Phi) is 8.38. The summed E-state index contributed by atoms with van der Waals surface area (Å²) in [5.41, 5.74) is 3.99. The lowest BCUT2D eigenvalue weighted by atomic mass is 10.1. The third kappa shape index (κ3) is 6.29. The van der Waals surface area contributed by atoms with Crippen molar-refractivity contribution in [2.24, 2.45) is 0 Å². The Labute approximate surface area is 201 Å². The highest BCUT2D eigenvalue weighted by Crippen LogP contribution is 2.28. The predicted octanol–water partition coefficient (Wildman–Crippen LogP) is 5.43. The molecule has 0 heterocycles. The van der Waals surface area contributed by atoms with E-state index in [-0.39, 0.29) is 0 Å². The first kappa shape index (κ1) is 24.2. The van der Waals surface area contributed by atoms with Gasteiger partial charge in [-0.2, -0.15) is 0 Å². The van der Waals surface area contributed by atoms with E-state index >= 15 is 0 Å². The molecule has 174 valence electrons. The second kappa shape index (κ2) is 11.4. The summed E-state index contributed by atoms with van der Waals surface area (Å²) in [5, 5.41) is 3.94. The molecule has 0 fully saturated rings. The maximum absolute atomic E-state index is 5.86. The minimum atomic E-state index is 0.520. The van der Waals surface area contributed by atoms with Gasteiger partial charge in [0.25, 0.3) is 0 Å². The van der Waals surface area contributed by atoms with Crippen molar-refractivity contribution in [2.45, 2.75) is 20.0 Å². The zero-order chi connectivity index (χ0) is 23.8. The summed E-state index contributed by atoms with van der Waals surface area (Å²) in [5.74, 6) is 3.07. The Balaban J connectivity index is 1.92. The van der Waals surface area contributed by atoms with Crippen LogP contribution in [0.5, 0.6) is 23.0 Å². The van der Waals surface area contributed by atoms with Crippen LogP contribution in [0.15, 0.2) is 60.7 Å². The maximum atomic E-state index is 5.86. The van der Waals surface area contributed by atoms with Crippen molar-refractivity contribution in [2.75, 3.05) is 33.8 Å². The highest BCUT2D eigenvalue weighted by atomic mass is 32.1. The number of ether oxygens (including phenoxy) is 4. The molecule has 33 heavy (non-hydrogen) atoms. The first-order valence-corrected chi connectivity index (χ1v) is 10.9. The van der Waals surface area contributed by atoms with Crippen molar-refractivity contribution < 1.29 is 18.9 Å². The fourth-order valence-electron chi connectivity index (χ4n) is 3.48. The van der Waals surface area contributed by atoms with Gasteiger partial charge in [0, 0.05) is 18.7 Å². The van der Waals surface area contributed by atoms with Crippen LogP contribution in [0.4, 0.5) is 5.69 Å². The van der Waals surface area contributed by atoms with Crippen molar-refractivity contribution >= 4 is 23.0 Å². The standard InChI is InChI=1S/C26H30N2O4S/c1-18-6-12-25(32-5)23(14-18)27-26(33)28(16-19-7-9-21(29-2)10-8-19)17-20-15-22(30-3)11-13-24(20)31-4/h6-15H,16-17H2,1-5H3,(H,27,33). The second-order valence-electron chi connectivity index (χ2n) is 7.52. The third-order valence-electron chi connectivity index (χ3n) is 5.27. The SMILES string of the molecule is COc1ccc(CN(Cc2cc(OC)ccc2OC)C(=S)Nc2cc(C)ccc2OC)cc1. The van der Waals surface area contributed by atoms with Crippen molar-refractivity contribution in [1.82, 2.24) is 4.90 Å². The number of hydrogen-bond acceptors (Lipinski definition) is 5. The van der Waals surface area contributed by atoms with Crippen LogP contribution in [0.25, 0.3) is 0 Å². The largest absolute Gasteiger partial charge is 0.497 e. The molecule has 0 radical (unpaired) electrons. The van der Waals surface area contributed by atoms with E-state index in [2.05, 4.69) is 10.2 Å². The number of benzene rings is 3. The molecule has 0 saturated heterocycles. The molecule has 1 N–H and O–H groups in total. The van der Waals surface area contributed by atoms with Gasteiger partial charge in [-0.1, -0.05) is 18.2 Å². The molecule has 0 aliphatic heterocycles. The maximum Gasteiger partial charge on any atom is 0.174 e. The van der Waals surface area contributed by atoms with Gasteiger partial charge in [-0.05, 0) is 72.7 Å². The molecule has 0 bridgehead atoms. The molecule has 0 aromatic heterocycles. The molecule has 0 aliphatic carbocycles. The Morgan fingerprint density at radius 2 is 1.39 bits per heavy atom. The lowest BCUT2D eigenvalue weighted by molar-refractivity contribution is 0.372. The summed E-state index contributed by atoms with van der Waals surface area (Å²) in [6.07, 6.45) is 0. The third-order valence-corrected chi connectivity index (χ3v) is 5.63. The summed E-state index contributed by atoms with van der Waals surface area (Å²) in [7, 11) is 6.62. The van der Waals surface area contributed by atoms with Crippen molar-refractivity contribution in [3.05, 3.63) is 77.4 Å². The predicted molar refractivity (Wildman–Crippen MR) is 136 cm³/mol. The van der Waals surface area contributed by atoms with Crippen LogP contribution in [-0.4, -0.2) is 38.5 Å². The molecule has 0 amide bonds. The topological polar surface area (TPSA) is 52.2 Å². The molecule has 0 aliphatic rings. The molecule has 0 saturated carbocycles. The van der Waals surface area contributed by atoms with Crippen LogP contribution in [-0.2, 0) is 13.1 Å².